The number of carbonyl (C=O) groups excluding carboxylic acids is 3. The molecule has 34 heavy (non-hydrogen) atoms. The van der Waals surface area contributed by atoms with E-state index in [2.05, 4.69) is 15.6 Å². The normalized spacial score (nSPS) is 18.3. The molecular weight excluding hydrogens is 442 g/mol. The zero-order valence-electron chi connectivity index (χ0n) is 20.6. The van der Waals surface area contributed by atoms with E-state index in [0.717, 1.165) is 0 Å². The monoisotopic (exact) mass is 483 g/mol. The highest BCUT2D eigenvalue weighted by molar-refractivity contribution is 5.94. The summed E-state index contributed by atoms with van der Waals surface area (Å²) in [6, 6.07) is -3.51. The van der Waals surface area contributed by atoms with Gasteiger partial charge in [-0.15, -0.1) is 0 Å². The van der Waals surface area contributed by atoms with Crippen molar-refractivity contribution in [2.45, 2.75) is 84.0 Å². The van der Waals surface area contributed by atoms with E-state index in [4.69, 9.17) is 17.2 Å². The van der Waals surface area contributed by atoms with Gasteiger partial charge in [0, 0.05) is 13.1 Å². The Labute approximate surface area is 201 Å². The van der Waals surface area contributed by atoms with Crippen LogP contribution >= 0.6 is 0 Å². The van der Waals surface area contributed by atoms with Crippen molar-refractivity contribution in [3.8, 4) is 0 Å². The van der Waals surface area contributed by atoms with E-state index < -0.39 is 42.0 Å². The van der Waals surface area contributed by atoms with Gasteiger partial charge in [0.05, 0.1) is 6.04 Å². The number of nitrogens with zero attached hydrogens (tertiary/aromatic N) is 2. The highest BCUT2D eigenvalue weighted by Crippen LogP contribution is 2.21. The predicted octanol–water partition coefficient (Wildman–Crippen LogP) is -0.885. The van der Waals surface area contributed by atoms with Gasteiger partial charge in [-0.1, -0.05) is 27.7 Å². The number of carboxylic acids is 1. The zero-order chi connectivity index (χ0) is 26.0. The number of aliphatic imine (C=N–C) groups is 1. The van der Waals surface area contributed by atoms with Crippen molar-refractivity contribution in [1.29, 1.82) is 0 Å². The lowest BCUT2D eigenvalue weighted by Crippen LogP contribution is -2.57. The molecule has 4 unspecified atom stereocenters. The van der Waals surface area contributed by atoms with E-state index in [-0.39, 0.29) is 23.7 Å². The number of nitrogens with one attached hydrogen (secondary N) is 2. The molecule has 1 saturated heterocycles. The number of rotatable bonds is 13. The minimum absolute atomic E-state index is 0.0344. The summed E-state index contributed by atoms with van der Waals surface area (Å²) in [5.41, 5.74) is 16.5. The molecule has 1 aliphatic heterocycles. The van der Waals surface area contributed by atoms with Gasteiger partial charge in [-0.2, -0.15) is 0 Å². The van der Waals surface area contributed by atoms with Gasteiger partial charge in [-0.05, 0) is 43.9 Å². The zero-order valence-corrected chi connectivity index (χ0v) is 20.6. The second-order valence-corrected chi connectivity index (χ2v) is 9.50. The van der Waals surface area contributed by atoms with Gasteiger partial charge in [0.25, 0.3) is 0 Å². The summed E-state index contributed by atoms with van der Waals surface area (Å²) in [5.74, 6) is -2.71. The Morgan fingerprint density at radius 2 is 1.76 bits per heavy atom. The van der Waals surface area contributed by atoms with Crippen molar-refractivity contribution in [1.82, 2.24) is 15.5 Å². The number of aliphatic carboxylic acids is 1. The third-order valence-electron chi connectivity index (χ3n) is 5.70. The van der Waals surface area contributed by atoms with Crippen LogP contribution < -0.4 is 27.8 Å². The minimum atomic E-state index is -1.13. The Hall–Kier alpha value is -2.89. The van der Waals surface area contributed by atoms with Crippen LogP contribution in [0.1, 0.15) is 59.8 Å². The Balaban J connectivity index is 2.87. The highest BCUT2D eigenvalue weighted by atomic mass is 16.4. The van der Waals surface area contributed by atoms with Crippen molar-refractivity contribution in [3.05, 3.63) is 0 Å². The smallest absolute Gasteiger partial charge is 0.326 e. The third kappa shape index (κ3) is 9.16. The van der Waals surface area contributed by atoms with Crippen LogP contribution in [-0.2, 0) is 19.2 Å². The summed E-state index contributed by atoms with van der Waals surface area (Å²) in [6.45, 7) is 7.95. The molecular formula is C22H41N7O5. The van der Waals surface area contributed by atoms with Crippen LogP contribution in [0, 0.1) is 11.8 Å². The molecule has 0 spiro atoms. The lowest BCUT2D eigenvalue weighted by Gasteiger charge is -2.31. The van der Waals surface area contributed by atoms with Crippen molar-refractivity contribution in [2.24, 2.45) is 34.0 Å². The topological polar surface area (TPSA) is 206 Å². The van der Waals surface area contributed by atoms with Crippen LogP contribution in [0.25, 0.3) is 0 Å². The van der Waals surface area contributed by atoms with Gasteiger partial charge >= 0.3 is 5.97 Å². The number of nitrogens with two attached hydrogens (primary N) is 3. The summed E-state index contributed by atoms with van der Waals surface area (Å²) < 4.78 is 0. The fourth-order valence-corrected chi connectivity index (χ4v) is 3.89. The fraction of sp³-hybridized carbons (Fsp3) is 0.773. The number of guanidine groups is 1. The standard InChI is InChI=1S/C22H41N7O5/c1-12(2)11-15(27-18(30)14(23)7-5-9-26-22(24)25)20(32)29-10-6-8-16(29)19(31)28-17(13(3)4)21(33)34/h12-17H,5-11,23H2,1-4H3,(H,27,30)(H,28,31)(H,33,34)(H4,24,25,26). The first kappa shape index (κ1) is 29.1. The first-order valence-corrected chi connectivity index (χ1v) is 11.8. The molecule has 194 valence electrons. The molecule has 1 aliphatic rings. The van der Waals surface area contributed by atoms with Crippen LogP contribution in [-0.4, -0.2) is 76.9 Å². The predicted molar refractivity (Wildman–Crippen MR) is 128 cm³/mol. The summed E-state index contributed by atoms with van der Waals surface area (Å²) >= 11 is 0. The Bertz CT molecular complexity index is 752. The molecule has 0 aromatic heterocycles. The Morgan fingerprint density at radius 3 is 2.29 bits per heavy atom. The third-order valence-corrected chi connectivity index (χ3v) is 5.70. The fourth-order valence-electron chi connectivity index (χ4n) is 3.89. The number of carbonyl (C=O) groups is 4. The number of carboxylic acid groups (broad SMARTS) is 1. The van der Waals surface area contributed by atoms with Gasteiger partial charge in [0.1, 0.15) is 18.1 Å². The second kappa shape index (κ2) is 13.7. The average molecular weight is 484 g/mol. The molecule has 0 aromatic carbocycles. The van der Waals surface area contributed by atoms with Crippen molar-refractivity contribution in [2.75, 3.05) is 13.1 Å². The van der Waals surface area contributed by atoms with Crippen LogP contribution in [0.4, 0.5) is 0 Å². The summed E-state index contributed by atoms with van der Waals surface area (Å²) in [7, 11) is 0. The molecule has 0 bridgehead atoms. The van der Waals surface area contributed by atoms with E-state index >= 15 is 0 Å². The largest absolute Gasteiger partial charge is 0.480 e. The van der Waals surface area contributed by atoms with Crippen molar-refractivity contribution >= 4 is 29.7 Å². The van der Waals surface area contributed by atoms with E-state index in [1.165, 1.54) is 4.90 Å². The molecule has 4 atom stereocenters. The van der Waals surface area contributed by atoms with Crippen LogP contribution in [0.15, 0.2) is 4.99 Å². The maximum absolute atomic E-state index is 13.4. The van der Waals surface area contributed by atoms with E-state index in [9.17, 15) is 24.3 Å². The highest BCUT2D eigenvalue weighted by Gasteiger charge is 2.39. The second-order valence-electron chi connectivity index (χ2n) is 9.50. The number of amides is 3. The molecule has 1 rings (SSSR count). The quantitative estimate of drug-likeness (QED) is 0.110. The SMILES string of the molecule is CC(C)CC(NC(=O)C(N)CCCN=C(N)N)C(=O)N1CCCC1C(=O)NC(C(=O)O)C(C)C. The van der Waals surface area contributed by atoms with Gasteiger partial charge in [-0.3, -0.25) is 19.4 Å². The van der Waals surface area contributed by atoms with E-state index in [1.54, 1.807) is 13.8 Å². The lowest BCUT2D eigenvalue weighted by atomic mass is 10.0. The summed E-state index contributed by atoms with van der Waals surface area (Å²) in [5, 5.41) is 14.7. The van der Waals surface area contributed by atoms with Crippen LogP contribution in [0.3, 0.4) is 0 Å². The molecule has 0 aromatic rings. The number of hydrogen-bond acceptors (Lipinski definition) is 6. The van der Waals surface area contributed by atoms with Crippen molar-refractivity contribution < 1.29 is 24.3 Å². The first-order chi connectivity index (χ1) is 15.8. The molecule has 12 heteroatoms. The average Bonchev–Trinajstić information content (AvgIpc) is 3.22. The molecule has 0 radical (unpaired) electrons. The maximum Gasteiger partial charge on any atom is 0.326 e. The van der Waals surface area contributed by atoms with E-state index in [1.807, 2.05) is 13.8 Å². The molecule has 1 heterocycles. The molecule has 0 aliphatic carbocycles. The van der Waals surface area contributed by atoms with Crippen LogP contribution in [0.5, 0.6) is 0 Å². The van der Waals surface area contributed by atoms with E-state index in [0.29, 0.717) is 45.2 Å². The molecule has 1 fully saturated rings. The summed E-state index contributed by atoms with van der Waals surface area (Å²) in [4.78, 5) is 55.6. The summed E-state index contributed by atoms with van der Waals surface area (Å²) in [6.07, 6.45) is 2.25. The number of hydrogen-bond donors (Lipinski definition) is 6. The Kier molecular flexibility index (Phi) is 11.8. The van der Waals surface area contributed by atoms with Crippen molar-refractivity contribution in [3.63, 3.8) is 0 Å². The van der Waals surface area contributed by atoms with Gasteiger partial charge in [-0.25, -0.2) is 4.79 Å². The molecule has 9 N–H and O–H groups in total. The molecule has 3 amide bonds. The maximum atomic E-state index is 13.4. The lowest BCUT2D eigenvalue weighted by molar-refractivity contribution is -0.146. The van der Waals surface area contributed by atoms with Crippen LogP contribution in [0.2, 0.25) is 0 Å². The van der Waals surface area contributed by atoms with Gasteiger partial charge in [0.15, 0.2) is 5.96 Å². The van der Waals surface area contributed by atoms with Gasteiger partial charge in [0.2, 0.25) is 17.7 Å². The first-order valence-electron chi connectivity index (χ1n) is 11.8. The van der Waals surface area contributed by atoms with Gasteiger partial charge < -0.3 is 37.8 Å². The Morgan fingerprint density at radius 1 is 1.12 bits per heavy atom. The minimum Gasteiger partial charge on any atom is -0.480 e. The number of likely N-dealkylation sites (tertiary alicyclic amines) is 1. The molecule has 12 nitrogen and oxygen atoms in total. The molecule has 0 saturated carbocycles.